The summed E-state index contributed by atoms with van der Waals surface area (Å²) in [7, 11) is 0. The fraction of sp³-hybridized carbons (Fsp3) is 0.174. The molecule has 35 heavy (non-hydrogen) atoms. The quantitative estimate of drug-likeness (QED) is 0.255. The molecule has 2 aromatic carbocycles. The Bertz CT molecular complexity index is 1180. The van der Waals surface area contributed by atoms with E-state index in [1.807, 2.05) is 0 Å². The lowest BCUT2D eigenvalue weighted by Crippen LogP contribution is -2.24. The van der Waals surface area contributed by atoms with E-state index in [1.54, 1.807) is 42.7 Å². The second kappa shape index (κ2) is 10.8. The average molecular weight is 512 g/mol. The molecule has 2 N–H and O–H groups in total. The Kier molecular flexibility index (Phi) is 8.05. The van der Waals surface area contributed by atoms with E-state index in [1.165, 1.54) is 0 Å². The Hall–Kier alpha value is -3.54. The third-order valence-corrected chi connectivity index (χ3v) is 5.38. The summed E-state index contributed by atoms with van der Waals surface area (Å²) in [5, 5.41) is 2.21. The minimum absolute atomic E-state index is 0.165. The number of anilines is 1. The van der Waals surface area contributed by atoms with Gasteiger partial charge in [-0.2, -0.15) is 26.3 Å². The summed E-state index contributed by atoms with van der Waals surface area (Å²) in [5.74, 6) is -0.384. The van der Waals surface area contributed by atoms with Crippen LogP contribution in [-0.2, 0) is 6.18 Å². The second-order valence-corrected chi connectivity index (χ2v) is 8.11. The van der Waals surface area contributed by atoms with Gasteiger partial charge in [-0.25, -0.2) is 9.97 Å². The maximum atomic E-state index is 13.2. The molecule has 0 aliphatic carbocycles. The van der Waals surface area contributed by atoms with Crippen molar-refractivity contribution in [3.8, 4) is 11.4 Å². The molecule has 0 spiro atoms. The van der Waals surface area contributed by atoms with Gasteiger partial charge < -0.3 is 10.0 Å². The number of halogens is 6. The molecule has 1 aromatic heterocycles. The number of aromatic nitrogens is 2. The SMILES string of the molecule is C=C(CCC(F)(F)F)NC(=O)c1ccc(C(F)(F)F)cc1NSc1ccc(-c2ncccn2)cc1. The molecule has 0 bridgehead atoms. The maximum absolute atomic E-state index is 13.2. The van der Waals surface area contributed by atoms with Crippen molar-refractivity contribution < 1.29 is 31.1 Å². The number of benzene rings is 2. The van der Waals surface area contributed by atoms with Gasteiger partial charge in [0.25, 0.3) is 5.91 Å². The molecule has 3 rings (SSSR count). The largest absolute Gasteiger partial charge is 0.416 e. The van der Waals surface area contributed by atoms with Crippen molar-refractivity contribution in [1.29, 1.82) is 0 Å². The highest BCUT2D eigenvalue weighted by Crippen LogP contribution is 2.34. The van der Waals surface area contributed by atoms with E-state index in [9.17, 15) is 31.1 Å². The summed E-state index contributed by atoms with van der Waals surface area (Å²) in [6, 6.07) is 10.9. The number of rotatable bonds is 8. The zero-order valence-corrected chi connectivity index (χ0v) is 18.7. The predicted molar refractivity (Wildman–Crippen MR) is 120 cm³/mol. The Morgan fingerprint density at radius 2 is 1.63 bits per heavy atom. The van der Waals surface area contributed by atoms with Crippen LogP contribution in [0.15, 0.2) is 78.1 Å². The lowest BCUT2D eigenvalue weighted by atomic mass is 10.1. The van der Waals surface area contributed by atoms with Gasteiger partial charge in [0.2, 0.25) is 0 Å². The fourth-order valence-electron chi connectivity index (χ4n) is 2.82. The fourth-order valence-corrected chi connectivity index (χ4v) is 3.49. The summed E-state index contributed by atoms with van der Waals surface area (Å²) in [6.07, 6.45) is -7.67. The average Bonchev–Trinajstić information content (AvgIpc) is 2.81. The topological polar surface area (TPSA) is 66.9 Å². The summed E-state index contributed by atoms with van der Waals surface area (Å²) in [4.78, 5) is 21.5. The molecular formula is C23H18F6N4OS. The molecule has 0 fully saturated rings. The highest BCUT2D eigenvalue weighted by Gasteiger charge is 2.32. The van der Waals surface area contributed by atoms with Crippen molar-refractivity contribution in [2.75, 3.05) is 4.72 Å². The molecule has 184 valence electrons. The van der Waals surface area contributed by atoms with Crippen LogP contribution in [-0.4, -0.2) is 22.1 Å². The van der Waals surface area contributed by atoms with Gasteiger partial charge in [0.15, 0.2) is 5.82 Å². The van der Waals surface area contributed by atoms with Gasteiger partial charge in [-0.05, 0) is 54.8 Å². The van der Waals surface area contributed by atoms with Crippen LogP contribution in [0.25, 0.3) is 11.4 Å². The van der Waals surface area contributed by atoms with Gasteiger partial charge in [-0.3, -0.25) is 4.79 Å². The molecule has 3 aromatic rings. The molecule has 0 unspecified atom stereocenters. The number of nitrogens with one attached hydrogen (secondary N) is 2. The van der Waals surface area contributed by atoms with Gasteiger partial charge in [-0.15, -0.1) is 0 Å². The first-order valence-corrected chi connectivity index (χ1v) is 10.8. The highest BCUT2D eigenvalue weighted by molar-refractivity contribution is 8.00. The van der Waals surface area contributed by atoms with E-state index < -0.39 is 36.7 Å². The Morgan fingerprint density at radius 1 is 0.971 bits per heavy atom. The first-order valence-electron chi connectivity index (χ1n) is 10.00. The zero-order valence-electron chi connectivity index (χ0n) is 17.9. The lowest BCUT2D eigenvalue weighted by molar-refractivity contribution is -0.137. The van der Waals surface area contributed by atoms with E-state index in [0.717, 1.165) is 35.7 Å². The van der Waals surface area contributed by atoms with Gasteiger partial charge in [-0.1, -0.05) is 18.7 Å². The van der Waals surface area contributed by atoms with E-state index in [2.05, 4.69) is 26.6 Å². The molecule has 0 radical (unpaired) electrons. The van der Waals surface area contributed by atoms with Gasteiger partial charge in [0, 0.05) is 35.0 Å². The summed E-state index contributed by atoms with van der Waals surface area (Å²) >= 11 is 0.951. The van der Waals surface area contributed by atoms with Crippen LogP contribution in [0.1, 0.15) is 28.8 Å². The number of nitrogens with zero attached hydrogens (tertiary/aromatic N) is 2. The van der Waals surface area contributed by atoms with Crippen LogP contribution in [0, 0.1) is 0 Å². The van der Waals surface area contributed by atoms with Crippen molar-refractivity contribution in [2.45, 2.75) is 30.1 Å². The molecule has 5 nitrogen and oxygen atoms in total. The number of alkyl halides is 6. The Morgan fingerprint density at radius 3 is 2.23 bits per heavy atom. The minimum Gasteiger partial charge on any atom is -0.326 e. The van der Waals surface area contributed by atoms with Gasteiger partial charge in [0.05, 0.1) is 16.8 Å². The normalized spacial score (nSPS) is 11.7. The molecule has 0 saturated carbocycles. The van der Waals surface area contributed by atoms with Gasteiger partial charge in [0.1, 0.15) is 0 Å². The number of hydrogen-bond acceptors (Lipinski definition) is 5. The Balaban J connectivity index is 1.76. The summed E-state index contributed by atoms with van der Waals surface area (Å²) in [5.41, 5.74) is -0.824. The van der Waals surface area contributed by atoms with E-state index in [4.69, 9.17) is 0 Å². The Labute approximate surface area is 200 Å². The van der Waals surface area contributed by atoms with E-state index in [-0.39, 0.29) is 16.9 Å². The zero-order chi connectivity index (χ0) is 25.6. The van der Waals surface area contributed by atoms with Crippen molar-refractivity contribution in [3.63, 3.8) is 0 Å². The summed E-state index contributed by atoms with van der Waals surface area (Å²) in [6.45, 7) is 3.39. The smallest absolute Gasteiger partial charge is 0.326 e. The van der Waals surface area contributed by atoms with Gasteiger partial charge >= 0.3 is 12.4 Å². The van der Waals surface area contributed by atoms with Crippen LogP contribution in [0.3, 0.4) is 0 Å². The molecule has 12 heteroatoms. The number of carbonyl (C=O) groups is 1. The first-order chi connectivity index (χ1) is 16.4. The number of hydrogen-bond donors (Lipinski definition) is 2. The predicted octanol–water partition coefficient (Wildman–Crippen LogP) is 6.87. The highest BCUT2D eigenvalue weighted by atomic mass is 32.2. The van der Waals surface area contributed by atoms with Crippen LogP contribution < -0.4 is 10.0 Å². The lowest BCUT2D eigenvalue weighted by Gasteiger charge is -2.16. The molecule has 0 aliphatic heterocycles. The van der Waals surface area contributed by atoms with Crippen LogP contribution in [0.5, 0.6) is 0 Å². The van der Waals surface area contributed by atoms with Crippen molar-refractivity contribution in [1.82, 2.24) is 15.3 Å². The molecular weight excluding hydrogens is 494 g/mol. The van der Waals surface area contributed by atoms with E-state index in [0.29, 0.717) is 10.7 Å². The second-order valence-electron chi connectivity index (χ2n) is 7.23. The molecule has 1 heterocycles. The van der Waals surface area contributed by atoms with Crippen molar-refractivity contribution in [2.24, 2.45) is 0 Å². The molecule has 0 atom stereocenters. The monoisotopic (exact) mass is 512 g/mol. The summed E-state index contributed by atoms with van der Waals surface area (Å²) < 4.78 is 79.6. The van der Waals surface area contributed by atoms with Crippen LogP contribution in [0.2, 0.25) is 0 Å². The van der Waals surface area contributed by atoms with Crippen LogP contribution >= 0.6 is 11.9 Å². The molecule has 1 amide bonds. The van der Waals surface area contributed by atoms with E-state index >= 15 is 0 Å². The van der Waals surface area contributed by atoms with Crippen molar-refractivity contribution >= 4 is 23.5 Å². The standard InChI is InChI=1S/C23H18F6N4OS/c1-14(9-10-22(24,25)26)32-21(34)18-8-5-16(23(27,28)29)13-19(18)33-35-17-6-3-15(4-7-17)20-30-11-2-12-31-20/h2-8,11-13,33H,1,9-10H2,(H,32,34). The van der Waals surface area contributed by atoms with Crippen molar-refractivity contribution in [3.05, 3.63) is 84.3 Å². The third kappa shape index (κ3) is 7.74. The minimum atomic E-state index is -4.66. The number of amides is 1. The number of allylic oxidation sites excluding steroid dienone is 1. The number of carbonyl (C=O) groups excluding carboxylic acids is 1. The van der Waals surface area contributed by atoms with Crippen LogP contribution in [0.4, 0.5) is 32.0 Å². The first kappa shape index (κ1) is 26.1. The molecule has 0 aliphatic rings. The maximum Gasteiger partial charge on any atom is 0.416 e. The molecule has 0 saturated heterocycles. The third-order valence-electron chi connectivity index (χ3n) is 4.55.